The Balaban J connectivity index is 1.94. The Morgan fingerprint density at radius 3 is 2.91 bits per heavy atom. The van der Waals surface area contributed by atoms with Gasteiger partial charge in [0.25, 0.3) is 0 Å². The molecule has 2 unspecified atom stereocenters. The summed E-state index contributed by atoms with van der Waals surface area (Å²) >= 11 is 2.08. The maximum absolute atomic E-state index is 5.27. The second-order valence-corrected chi connectivity index (χ2v) is 7.32. The number of aliphatic imine (C=N–C) groups is 1. The van der Waals surface area contributed by atoms with Gasteiger partial charge in [0.05, 0.1) is 5.69 Å². The lowest BCUT2D eigenvalue weighted by atomic mass is 10.00. The molecule has 1 aliphatic heterocycles. The summed E-state index contributed by atoms with van der Waals surface area (Å²) in [5.74, 6) is 3.46. The average molecular weight is 324 g/mol. The SMILES string of the molecule is CCC1CN(C(=NC)NCC(C)c2c(C)noc2C)CCS1. The van der Waals surface area contributed by atoms with Crippen LogP contribution >= 0.6 is 11.8 Å². The number of nitrogens with one attached hydrogen (secondary N) is 1. The summed E-state index contributed by atoms with van der Waals surface area (Å²) in [7, 11) is 1.87. The minimum Gasteiger partial charge on any atom is -0.361 e. The zero-order chi connectivity index (χ0) is 16.1. The number of hydrogen-bond donors (Lipinski definition) is 1. The highest BCUT2D eigenvalue weighted by Crippen LogP contribution is 2.23. The van der Waals surface area contributed by atoms with Gasteiger partial charge in [-0.1, -0.05) is 19.0 Å². The van der Waals surface area contributed by atoms with Gasteiger partial charge in [-0.05, 0) is 20.3 Å². The van der Waals surface area contributed by atoms with Crippen LogP contribution in [-0.2, 0) is 0 Å². The lowest BCUT2D eigenvalue weighted by Gasteiger charge is -2.34. The first kappa shape index (κ1) is 17.2. The van der Waals surface area contributed by atoms with Gasteiger partial charge < -0.3 is 14.7 Å². The van der Waals surface area contributed by atoms with Crippen LogP contribution < -0.4 is 5.32 Å². The number of nitrogens with zero attached hydrogens (tertiary/aromatic N) is 3. The summed E-state index contributed by atoms with van der Waals surface area (Å²) < 4.78 is 5.27. The fourth-order valence-corrected chi connectivity index (χ4v) is 4.21. The standard InChI is InChI=1S/C16H28N4OS/c1-6-14-10-20(7-8-22-14)16(17-5)18-9-11(2)15-12(3)19-21-13(15)4/h11,14H,6-10H2,1-5H3,(H,17,18). The monoisotopic (exact) mass is 324 g/mol. The van der Waals surface area contributed by atoms with Gasteiger partial charge in [0.2, 0.25) is 0 Å². The molecule has 0 radical (unpaired) electrons. The van der Waals surface area contributed by atoms with E-state index >= 15 is 0 Å². The van der Waals surface area contributed by atoms with Gasteiger partial charge in [-0.25, -0.2) is 0 Å². The van der Waals surface area contributed by atoms with Crippen LogP contribution in [-0.4, -0.2) is 53.7 Å². The Labute approximate surface area is 137 Å². The third-order valence-electron chi connectivity index (χ3n) is 4.25. The Kier molecular flexibility index (Phi) is 6.17. The summed E-state index contributed by atoms with van der Waals surface area (Å²) in [5, 5.41) is 8.29. The topological polar surface area (TPSA) is 53.7 Å². The first-order valence-corrected chi connectivity index (χ1v) is 9.11. The molecule has 0 saturated carbocycles. The van der Waals surface area contributed by atoms with Crippen LogP contribution in [0.2, 0.25) is 0 Å². The van der Waals surface area contributed by atoms with Crippen LogP contribution in [0.25, 0.3) is 0 Å². The largest absolute Gasteiger partial charge is 0.361 e. The van der Waals surface area contributed by atoms with Crippen molar-refractivity contribution >= 4 is 17.7 Å². The zero-order valence-electron chi connectivity index (χ0n) is 14.3. The van der Waals surface area contributed by atoms with Crippen LogP contribution in [0.15, 0.2) is 9.52 Å². The molecule has 0 aliphatic carbocycles. The Morgan fingerprint density at radius 1 is 1.55 bits per heavy atom. The van der Waals surface area contributed by atoms with Gasteiger partial charge in [-0.3, -0.25) is 4.99 Å². The maximum Gasteiger partial charge on any atom is 0.193 e. The van der Waals surface area contributed by atoms with E-state index in [-0.39, 0.29) is 0 Å². The van der Waals surface area contributed by atoms with E-state index in [1.54, 1.807) is 0 Å². The first-order valence-electron chi connectivity index (χ1n) is 8.06. The number of guanidine groups is 1. The molecule has 0 spiro atoms. The molecule has 2 rings (SSSR count). The van der Waals surface area contributed by atoms with Crippen molar-refractivity contribution in [2.75, 3.05) is 32.4 Å². The van der Waals surface area contributed by atoms with Crippen molar-refractivity contribution in [2.24, 2.45) is 4.99 Å². The summed E-state index contributed by atoms with van der Waals surface area (Å²) in [6, 6.07) is 0. The van der Waals surface area contributed by atoms with E-state index in [0.29, 0.717) is 11.2 Å². The van der Waals surface area contributed by atoms with Crippen molar-refractivity contribution in [1.29, 1.82) is 0 Å². The van der Waals surface area contributed by atoms with Crippen LogP contribution in [0.4, 0.5) is 0 Å². The summed E-state index contributed by atoms with van der Waals surface area (Å²) in [6.45, 7) is 11.4. The molecule has 5 nitrogen and oxygen atoms in total. The zero-order valence-corrected chi connectivity index (χ0v) is 15.2. The lowest BCUT2D eigenvalue weighted by molar-refractivity contribution is 0.391. The Morgan fingerprint density at radius 2 is 2.32 bits per heavy atom. The fraction of sp³-hybridized carbons (Fsp3) is 0.750. The predicted octanol–water partition coefficient (Wildman–Crippen LogP) is 2.80. The molecule has 1 N–H and O–H groups in total. The Hall–Kier alpha value is -1.17. The molecule has 1 fully saturated rings. The quantitative estimate of drug-likeness (QED) is 0.682. The van der Waals surface area contributed by atoms with E-state index in [1.165, 1.54) is 17.7 Å². The minimum absolute atomic E-state index is 0.351. The van der Waals surface area contributed by atoms with Gasteiger partial charge >= 0.3 is 0 Å². The molecule has 22 heavy (non-hydrogen) atoms. The second-order valence-electron chi connectivity index (χ2n) is 5.91. The van der Waals surface area contributed by atoms with E-state index in [0.717, 1.165) is 37.0 Å². The predicted molar refractivity (Wildman–Crippen MR) is 93.9 cm³/mol. The molecule has 1 aromatic rings. The van der Waals surface area contributed by atoms with Crippen molar-refractivity contribution in [3.63, 3.8) is 0 Å². The number of aryl methyl sites for hydroxylation is 2. The molecule has 0 amide bonds. The third kappa shape index (κ3) is 3.97. The van der Waals surface area contributed by atoms with Gasteiger partial charge in [0.15, 0.2) is 5.96 Å². The molecule has 6 heteroatoms. The molecule has 2 heterocycles. The third-order valence-corrected chi connectivity index (χ3v) is 5.63. The molecule has 2 atom stereocenters. The first-order chi connectivity index (χ1) is 10.6. The Bertz CT molecular complexity index is 495. The molecule has 1 saturated heterocycles. The highest BCUT2D eigenvalue weighted by molar-refractivity contribution is 8.00. The number of hydrogen-bond acceptors (Lipinski definition) is 4. The summed E-state index contributed by atoms with van der Waals surface area (Å²) in [6.07, 6.45) is 1.22. The summed E-state index contributed by atoms with van der Waals surface area (Å²) in [5.41, 5.74) is 2.20. The van der Waals surface area contributed by atoms with Crippen molar-refractivity contribution in [1.82, 2.24) is 15.4 Å². The number of aromatic nitrogens is 1. The molecular formula is C16H28N4OS. The van der Waals surface area contributed by atoms with Crippen molar-refractivity contribution in [3.05, 3.63) is 17.0 Å². The lowest BCUT2D eigenvalue weighted by Crippen LogP contribution is -2.48. The average Bonchev–Trinajstić information content (AvgIpc) is 2.87. The molecule has 0 bridgehead atoms. The maximum atomic E-state index is 5.27. The van der Waals surface area contributed by atoms with Gasteiger partial charge in [-0.2, -0.15) is 11.8 Å². The van der Waals surface area contributed by atoms with Crippen LogP contribution in [0, 0.1) is 13.8 Å². The summed E-state index contributed by atoms with van der Waals surface area (Å²) in [4.78, 5) is 6.84. The van der Waals surface area contributed by atoms with E-state index in [9.17, 15) is 0 Å². The van der Waals surface area contributed by atoms with Crippen molar-refractivity contribution in [3.8, 4) is 0 Å². The molecule has 1 aromatic heterocycles. The van der Waals surface area contributed by atoms with E-state index in [2.05, 4.69) is 46.0 Å². The fourth-order valence-electron chi connectivity index (χ4n) is 3.03. The second kappa shape index (κ2) is 7.90. The molecule has 0 aromatic carbocycles. The minimum atomic E-state index is 0.351. The highest BCUT2D eigenvalue weighted by Gasteiger charge is 2.22. The highest BCUT2D eigenvalue weighted by atomic mass is 32.2. The molecule has 124 valence electrons. The van der Waals surface area contributed by atoms with Crippen LogP contribution in [0.3, 0.4) is 0 Å². The van der Waals surface area contributed by atoms with E-state index in [1.807, 2.05) is 20.9 Å². The van der Waals surface area contributed by atoms with Crippen molar-refractivity contribution < 1.29 is 4.52 Å². The molecular weight excluding hydrogens is 296 g/mol. The van der Waals surface area contributed by atoms with E-state index < -0.39 is 0 Å². The van der Waals surface area contributed by atoms with E-state index in [4.69, 9.17) is 4.52 Å². The van der Waals surface area contributed by atoms with Crippen LogP contribution in [0.5, 0.6) is 0 Å². The van der Waals surface area contributed by atoms with Crippen LogP contribution in [0.1, 0.15) is 43.2 Å². The van der Waals surface area contributed by atoms with Gasteiger partial charge in [0, 0.05) is 49.2 Å². The van der Waals surface area contributed by atoms with Gasteiger partial charge in [0.1, 0.15) is 5.76 Å². The van der Waals surface area contributed by atoms with Crippen molar-refractivity contribution in [2.45, 2.75) is 45.3 Å². The molecule has 1 aliphatic rings. The normalized spacial score (nSPS) is 21.0. The van der Waals surface area contributed by atoms with Gasteiger partial charge in [-0.15, -0.1) is 0 Å². The number of rotatable bonds is 4. The number of thioether (sulfide) groups is 1. The smallest absolute Gasteiger partial charge is 0.193 e.